The largest absolute Gasteiger partial charge is 0.310 e. The first-order chi connectivity index (χ1) is 7.81. The van der Waals surface area contributed by atoms with Crippen LogP contribution in [0.2, 0.25) is 4.34 Å². The number of halogens is 1. The Morgan fingerprint density at radius 2 is 2.25 bits per heavy atom. The molecule has 2 aliphatic rings. The third kappa shape index (κ3) is 2.22. The number of fused-ring (bicyclic) bond motifs is 2. The lowest BCUT2D eigenvalue weighted by atomic mass is 10.1. The maximum atomic E-state index is 6.03. The number of nitrogens with zero attached hydrogens (tertiary/aromatic N) is 3. The zero-order valence-electron chi connectivity index (χ0n) is 9.03. The van der Waals surface area contributed by atoms with Crippen molar-refractivity contribution in [1.29, 1.82) is 0 Å². The predicted octanol–water partition coefficient (Wildman–Crippen LogP) is 1.52. The van der Waals surface area contributed by atoms with E-state index in [0.29, 0.717) is 6.04 Å². The number of nitrogens with one attached hydrogen (secondary N) is 1. The van der Waals surface area contributed by atoms with Crippen molar-refractivity contribution < 1.29 is 0 Å². The predicted molar refractivity (Wildman–Crippen MR) is 64.8 cm³/mol. The summed E-state index contributed by atoms with van der Waals surface area (Å²) in [6, 6.07) is 1.40. The van der Waals surface area contributed by atoms with Crippen molar-refractivity contribution in [2.24, 2.45) is 0 Å². The Labute approximate surface area is 104 Å². The SMILES string of the molecule is Clc1snnc1CN1CCC2CCC(C1)N2. The zero-order chi connectivity index (χ0) is 11.0. The van der Waals surface area contributed by atoms with E-state index >= 15 is 0 Å². The maximum absolute atomic E-state index is 6.03. The maximum Gasteiger partial charge on any atom is 0.138 e. The first-order valence-electron chi connectivity index (χ1n) is 5.76. The Morgan fingerprint density at radius 1 is 1.38 bits per heavy atom. The Morgan fingerprint density at radius 3 is 3.06 bits per heavy atom. The Hall–Kier alpha value is -0.230. The molecule has 2 aliphatic heterocycles. The summed E-state index contributed by atoms with van der Waals surface area (Å²) in [5.74, 6) is 0. The number of hydrogen-bond donors (Lipinski definition) is 1. The van der Waals surface area contributed by atoms with Crippen LogP contribution >= 0.6 is 23.1 Å². The zero-order valence-corrected chi connectivity index (χ0v) is 10.6. The van der Waals surface area contributed by atoms with Crippen LogP contribution in [0.25, 0.3) is 0 Å². The minimum atomic E-state index is 0.665. The van der Waals surface area contributed by atoms with Gasteiger partial charge in [-0.25, -0.2) is 0 Å². The molecule has 1 N–H and O–H groups in total. The van der Waals surface area contributed by atoms with Gasteiger partial charge in [0, 0.05) is 43.3 Å². The molecule has 2 saturated heterocycles. The van der Waals surface area contributed by atoms with Crippen LogP contribution in [0.3, 0.4) is 0 Å². The Balaban J connectivity index is 1.65. The second-order valence-corrected chi connectivity index (χ2v) is 6.01. The highest BCUT2D eigenvalue weighted by Crippen LogP contribution is 2.23. The molecule has 0 radical (unpaired) electrons. The molecule has 16 heavy (non-hydrogen) atoms. The summed E-state index contributed by atoms with van der Waals surface area (Å²) in [7, 11) is 0. The van der Waals surface area contributed by atoms with Crippen LogP contribution in [0.5, 0.6) is 0 Å². The van der Waals surface area contributed by atoms with Crippen LogP contribution in [-0.2, 0) is 6.54 Å². The van der Waals surface area contributed by atoms with Crippen LogP contribution in [0.15, 0.2) is 0 Å². The molecule has 0 aliphatic carbocycles. The third-order valence-corrected chi connectivity index (χ3v) is 4.47. The molecular weight excluding hydrogens is 244 g/mol. The van der Waals surface area contributed by atoms with E-state index < -0.39 is 0 Å². The van der Waals surface area contributed by atoms with E-state index in [1.807, 2.05) is 0 Å². The molecule has 0 aromatic carbocycles. The Bertz CT molecular complexity index is 369. The lowest BCUT2D eigenvalue weighted by molar-refractivity contribution is 0.248. The number of hydrogen-bond acceptors (Lipinski definition) is 5. The fourth-order valence-corrected chi connectivity index (χ4v) is 3.27. The molecule has 88 valence electrons. The van der Waals surface area contributed by atoms with E-state index in [1.165, 1.54) is 30.8 Å². The highest BCUT2D eigenvalue weighted by atomic mass is 35.5. The first-order valence-corrected chi connectivity index (χ1v) is 6.91. The average molecular weight is 259 g/mol. The molecule has 3 heterocycles. The van der Waals surface area contributed by atoms with E-state index in [1.54, 1.807) is 0 Å². The summed E-state index contributed by atoms with van der Waals surface area (Å²) in [6.45, 7) is 3.10. The fraction of sp³-hybridized carbons (Fsp3) is 0.800. The topological polar surface area (TPSA) is 41.1 Å². The van der Waals surface area contributed by atoms with Gasteiger partial charge in [0.05, 0.1) is 0 Å². The quantitative estimate of drug-likeness (QED) is 0.873. The van der Waals surface area contributed by atoms with Gasteiger partial charge in [-0.3, -0.25) is 4.90 Å². The fourth-order valence-electron chi connectivity index (χ4n) is 2.66. The lowest BCUT2D eigenvalue weighted by Crippen LogP contribution is -2.35. The second kappa shape index (κ2) is 4.56. The van der Waals surface area contributed by atoms with Crippen LogP contribution in [0, 0.1) is 0 Å². The molecule has 2 atom stereocenters. The summed E-state index contributed by atoms with van der Waals surface area (Å²) in [6.07, 6.45) is 3.90. The molecule has 1 aromatic heterocycles. The normalized spacial score (nSPS) is 30.6. The number of likely N-dealkylation sites (tertiary alicyclic amines) is 1. The van der Waals surface area contributed by atoms with Gasteiger partial charge in [-0.05, 0) is 19.3 Å². The van der Waals surface area contributed by atoms with Crippen LogP contribution in [0.1, 0.15) is 25.0 Å². The van der Waals surface area contributed by atoms with Gasteiger partial charge in [0.2, 0.25) is 0 Å². The molecule has 6 heteroatoms. The minimum Gasteiger partial charge on any atom is -0.310 e. The van der Waals surface area contributed by atoms with E-state index in [9.17, 15) is 0 Å². The molecule has 2 unspecified atom stereocenters. The molecule has 0 amide bonds. The van der Waals surface area contributed by atoms with Crippen LogP contribution < -0.4 is 5.32 Å². The minimum absolute atomic E-state index is 0.665. The van der Waals surface area contributed by atoms with Gasteiger partial charge in [0.25, 0.3) is 0 Å². The van der Waals surface area contributed by atoms with Gasteiger partial charge >= 0.3 is 0 Å². The van der Waals surface area contributed by atoms with Gasteiger partial charge in [-0.15, -0.1) is 5.10 Å². The average Bonchev–Trinajstić information content (AvgIpc) is 2.78. The second-order valence-electron chi connectivity index (χ2n) is 4.65. The summed E-state index contributed by atoms with van der Waals surface area (Å²) in [5, 5.41) is 7.75. The van der Waals surface area contributed by atoms with E-state index in [0.717, 1.165) is 35.7 Å². The van der Waals surface area contributed by atoms with E-state index in [2.05, 4.69) is 19.8 Å². The van der Waals surface area contributed by atoms with Gasteiger partial charge in [-0.1, -0.05) is 16.1 Å². The molecule has 0 saturated carbocycles. The van der Waals surface area contributed by atoms with Crippen molar-refractivity contribution in [2.75, 3.05) is 13.1 Å². The van der Waals surface area contributed by atoms with Gasteiger partial charge < -0.3 is 5.32 Å². The van der Waals surface area contributed by atoms with Crippen molar-refractivity contribution in [3.8, 4) is 0 Å². The monoisotopic (exact) mass is 258 g/mol. The third-order valence-electron chi connectivity index (χ3n) is 3.49. The van der Waals surface area contributed by atoms with E-state index in [4.69, 9.17) is 11.6 Å². The number of rotatable bonds is 2. The number of aromatic nitrogens is 2. The van der Waals surface area contributed by atoms with Crippen LogP contribution in [0.4, 0.5) is 0 Å². The molecule has 2 fully saturated rings. The smallest absolute Gasteiger partial charge is 0.138 e. The molecule has 3 rings (SSSR count). The van der Waals surface area contributed by atoms with Crippen molar-refractivity contribution in [2.45, 2.75) is 37.9 Å². The Kier molecular flexibility index (Phi) is 3.11. The highest BCUT2D eigenvalue weighted by molar-refractivity contribution is 7.10. The van der Waals surface area contributed by atoms with E-state index in [-0.39, 0.29) is 0 Å². The standard InChI is InChI=1S/C10H15ClN4S/c11-10-9(13-14-16-10)6-15-4-3-7-1-2-8(5-15)12-7/h7-8,12H,1-6H2. The van der Waals surface area contributed by atoms with Crippen molar-refractivity contribution >= 4 is 23.1 Å². The molecular formula is C10H15ClN4S. The van der Waals surface area contributed by atoms with Gasteiger partial charge in [0.15, 0.2) is 0 Å². The van der Waals surface area contributed by atoms with Gasteiger partial charge in [-0.2, -0.15) is 0 Å². The summed E-state index contributed by atoms with van der Waals surface area (Å²) >= 11 is 7.31. The summed E-state index contributed by atoms with van der Waals surface area (Å²) in [5.41, 5.74) is 0.935. The van der Waals surface area contributed by atoms with Gasteiger partial charge in [0.1, 0.15) is 10.0 Å². The highest BCUT2D eigenvalue weighted by Gasteiger charge is 2.29. The van der Waals surface area contributed by atoms with Crippen molar-refractivity contribution in [3.05, 3.63) is 10.0 Å². The molecule has 0 spiro atoms. The van der Waals surface area contributed by atoms with Crippen LogP contribution in [-0.4, -0.2) is 39.7 Å². The molecule has 4 nitrogen and oxygen atoms in total. The first kappa shape index (κ1) is 10.9. The summed E-state index contributed by atoms with van der Waals surface area (Å²) < 4.78 is 4.61. The van der Waals surface area contributed by atoms with Crippen molar-refractivity contribution in [3.63, 3.8) is 0 Å². The summed E-state index contributed by atoms with van der Waals surface area (Å²) in [4.78, 5) is 2.44. The lowest BCUT2D eigenvalue weighted by Gasteiger charge is -2.22. The van der Waals surface area contributed by atoms with Crippen molar-refractivity contribution in [1.82, 2.24) is 19.8 Å². The molecule has 1 aromatic rings. The molecule has 2 bridgehead atoms.